The van der Waals surface area contributed by atoms with Gasteiger partial charge in [-0.05, 0) is 42.0 Å². The minimum atomic E-state index is -7.15. The van der Waals surface area contributed by atoms with E-state index in [0.29, 0.717) is 0 Å². The monoisotopic (exact) mass is 678 g/mol. The van der Waals surface area contributed by atoms with Crippen molar-refractivity contribution in [1.29, 1.82) is 0 Å². The molecule has 0 bridgehead atoms. The van der Waals surface area contributed by atoms with E-state index < -0.39 is 72.6 Å². The quantitative estimate of drug-likeness (QED) is 0.166. The molecule has 2 aromatic rings. The molecule has 0 radical (unpaired) electrons. The Morgan fingerprint density at radius 1 is 0.477 bits per heavy atom. The molecule has 4 nitrogen and oxygen atoms in total. The average Bonchev–Trinajstić information content (AvgIpc) is 2.89. The number of halogens is 18. The molecule has 44 heavy (non-hydrogen) atoms. The predicted molar refractivity (Wildman–Crippen MR) is 109 cm³/mol. The van der Waals surface area contributed by atoms with Gasteiger partial charge in [0, 0.05) is 0 Å². The molecule has 0 amide bonds. The van der Waals surface area contributed by atoms with E-state index in [2.05, 4.69) is 19.7 Å². The fourth-order valence-corrected chi connectivity index (χ4v) is 2.68. The number of benzene rings is 2. The van der Waals surface area contributed by atoms with Gasteiger partial charge in [0.05, 0.1) is 18.0 Å². The number of hydrogen-bond acceptors (Lipinski definition) is 4. The van der Waals surface area contributed by atoms with Gasteiger partial charge in [0.15, 0.2) is 6.61 Å². The van der Waals surface area contributed by atoms with Crippen LogP contribution in [0.4, 0.5) is 90.4 Å². The van der Waals surface area contributed by atoms with Gasteiger partial charge in [-0.15, -0.1) is 0 Å². The molecule has 2 aromatic carbocycles. The van der Waals surface area contributed by atoms with Crippen molar-refractivity contribution in [3.63, 3.8) is 0 Å². The highest BCUT2D eigenvalue weighted by Crippen LogP contribution is 2.54. The lowest BCUT2D eigenvalue weighted by Gasteiger charge is -2.33. The maximum atomic E-state index is 13.5. The van der Waals surface area contributed by atoms with Gasteiger partial charge >= 0.3 is 48.1 Å². The first-order valence-corrected chi connectivity index (χ1v) is 10.9. The van der Waals surface area contributed by atoms with Gasteiger partial charge in [0.2, 0.25) is 0 Å². The second-order valence-corrected chi connectivity index (χ2v) is 8.45. The minimum Gasteiger partial charge on any atom is -0.487 e. The van der Waals surface area contributed by atoms with Gasteiger partial charge in [-0.25, -0.2) is 0 Å². The van der Waals surface area contributed by atoms with Crippen LogP contribution in [0.1, 0.15) is 5.56 Å². The molecular formula is C22H12F18N2O2. The molecular weight excluding hydrogens is 666 g/mol. The lowest BCUT2D eigenvalue weighted by Crippen LogP contribution is -2.62. The van der Waals surface area contributed by atoms with Gasteiger partial charge in [0.25, 0.3) is 0 Å². The molecule has 0 aliphatic rings. The summed E-state index contributed by atoms with van der Waals surface area (Å²) >= 11 is 0. The standard InChI is InChI=1S/C22H12F18N2O2/c23-15(24,16(25,26)17(27,28)20(33,34)35)10-43-14-7-5-13(6-8-14)42-41-12-3-1-11(2-4-12)9-44-22(39,40)19(31,32)18(29,30)21(36,37)38/h1-8H,9-10H2/b42-41+. The summed E-state index contributed by atoms with van der Waals surface area (Å²) in [5.41, 5.74) is -0.730. The van der Waals surface area contributed by atoms with Crippen LogP contribution < -0.4 is 4.74 Å². The van der Waals surface area contributed by atoms with Crippen LogP contribution in [-0.2, 0) is 11.3 Å². The van der Waals surface area contributed by atoms with Crippen LogP contribution >= 0.6 is 0 Å². The number of nitrogens with zero attached hydrogens (tertiary/aromatic N) is 2. The number of ether oxygens (including phenoxy) is 2. The molecule has 0 unspecified atom stereocenters. The Morgan fingerprint density at radius 2 is 0.864 bits per heavy atom. The van der Waals surface area contributed by atoms with Crippen molar-refractivity contribution < 1.29 is 88.5 Å². The fourth-order valence-electron chi connectivity index (χ4n) is 2.68. The highest BCUT2D eigenvalue weighted by molar-refractivity contribution is 5.43. The first-order chi connectivity index (χ1) is 19.6. The number of hydrogen-bond donors (Lipinski definition) is 0. The summed E-state index contributed by atoms with van der Waals surface area (Å²) in [4.78, 5) is 0. The molecule has 0 N–H and O–H groups in total. The van der Waals surface area contributed by atoms with E-state index in [1.165, 1.54) is 0 Å². The van der Waals surface area contributed by atoms with Crippen molar-refractivity contribution in [2.45, 2.75) is 54.7 Å². The smallest absolute Gasteiger partial charge is 0.460 e. The summed E-state index contributed by atoms with van der Waals surface area (Å²) in [6.45, 7) is -4.18. The maximum absolute atomic E-state index is 13.5. The Labute approximate surface area is 232 Å². The van der Waals surface area contributed by atoms with Gasteiger partial charge in [-0.2, -0.15) is 89.3 Å². The average molecular weight is 678 g/mol. The Morgan fingerprint density at radius 3 is 1.27 bits per heavy atom. The largest absolute Gasteiger partial charge is 0.487 e. The Balaban J connectivity index is 2.02. The van der Waals surface area contributed by atoms with E-state index in [1.807, 2.05) is 0 Å². The SMILES string of the molecule is FC(F)(F)C(F)(F)C(F)(F)C(F)(F)COc1ccc(/N=N/c2ccc(COC(F)(F)C(F)(F)C(F)(F)C(F)(F)F)cc2)cc1. The number of alkyl halides is 18. The van der Waals surface area contributed by atoms with Crippen LogP contribution in [-0.4, -0.2) is 54.7 Å². The summed E-state index contributed by atoms with van der Waals surface area (Å²) < 4.78 is 239. The van der Waals surface area contributed by atoms with Crippen molar-refractivity contribution in [1.82, 2.24) is 0 Å². The van der Waals surface area contributed by atoms with Crippen LogP contribution in [0.3, 0.4) is 0 Å². The van der Waals surface area contributed by atoms with Crippen molar-refractivity contribution in [2.24, 2.45) is 10.2 Å². The molecule has 0 aromatic heterocycles. The first-order valence-electron chi connectivity index (χ1n) is 10.9. The molecule has 0 saturated carbocycles. The Bertz CT molecular complexity index is 1190. The third-order valence-electron chi connectivity index (χ3n) is 5.22. The molecule has 0 spiro atoms. The van der Waals surface area contributed by atoms with Gasteiger partial charge in [0.1, 0.15) is 5.75 Å². The maximum Gasteiger partial charge on any atom is 0.460 e. The third kappa shape index (κ3) is 7.09. The second-order valence-electron chi connectivity index (χ2n) is 8.45. The van der Waals surface area contributed by atoms with E-state index >= 15 is 0 Å². The van der Waals surface area contributed by atoms with Gasteiger partial charge in [-0.3, -0.25) is 0 Å². The van der Waals surface area contributed by atoms with E-state index in [1.54, 1.807) is 0 Å². The molecule has 2 rings (SSSR count). The topological polar surface area (TPSA) is 43.2 Å². The van der Waals surface area contributed by atoms with Crippen LogP contribution in [0.25, 0.3) is 0 Å². The van der Waals surface area contributed by atoms with Crippen molar-refractivity contribution in [2.75, 3.05) is 6.61 Å². The number of rotatable bonds is 12. The van der Waals surface area contributed by atoms with Crippen molar-refractivity contribution in [3.05, 3.63) is 54.1 Å². The Kier molecular flexibility index (Phi) is 9.85. The highest BCUT2D eigenvalue weighted by atomic mass is 19.4. The first kappa shape index (κ1) is 36.7. The van der Waals surface area contributed by atoms with Gasteiger partial charge in [-0.1, -0.05) is 12.1 Å². The molecule has 0 aliphatic carbocycles. The molecule has 0 fully saturated rings. The molecule has 0 aliphatic heterocycles. The molecule has 248 valence electrons. The van der Waals surface area contributed by atoms with Crippen LogP contribution in [0.15, 0.2) is 58.8 Å². The summed E-state index contributed by atoms with van der Waals surface area (Å²) in [5.74, 6) is -34.8. The zero-order chi connectivity index (χ0) is 34.2. The summed E-state index contributed by atoms with van der Waals surface area (Å²) in [6, 6.07) is 6.84. The molecule has 0 atom stereocenters. The molecule has 22 heteroatoms. The summed E-state index contributed by atoms with van der Waals surface area (Å²) in [7, 11) is 0. The lowest BCUT2D eigenvalue weighted by molar-refractivity contribution is -0.446. The third-order valence-corrected chi connectivity index (χ3v) is 5.22. The summed E-state index contributed by atoms with van der Waals surface area (Å²) in [6.07, 6.45) is -20.3. The van der Waals surface area contributed by atoms with Gasteiger partial charge < -0.3 is 9.47 Å². The molecule has 0 heterocycles. The van der Waals surface area contributed by atoms with Crippen molar-refractivity contribution >= 4 is 11.4 Å². The Hall–Kier alpha value is -3.46. The highest BCUT2D eigenvalue weighted by Gasteiger charge is 2.83. The molecule has 0 saturated heterocycles. The van der Waals surface area contributed by atoms with E-state index in [4.69, 9.17) is 0 Å². The summed E-state index contributed by atoms with van der Waals surface area (Å²) in [5, 5.41) is 7.12. The zero-order valence-electron chi connectivity index (χ0n) is 20.5. The van der Waals surface area contributed by atoms with Crippen LogP contribution in [0, 0.1) is 0 Å². The second kappa shape index (κ2) is 11.8. The van der Waals surface area contributed by atoms with Crippen molar-refractivity contribution in [3.8, 4) is 5.75 Å². The minimum absolute atomic E-state index is 0.137. The number of azo groups is 1. The van der Waals surface area contributed by atoms with E-state index in [-0.39, 0.29) is 11.4 Å². The normalized spacial score (nSPS) is 14.8. The fraction of sp³-hybridized carbons (Fsp3) is 0.455. The van der Waals surface area contributed by atoms with E-state index in [9.17, 15) is 79.0 Å². The van der Waals surface area contributed by atoms with E-state index in [0.717, 1.165) is 48.5 Å². The lowest BCUT2D eigenvalue weighted by atomic mass is 10.0. The van der Waals surface area contributed by atoms with Crippen LogP contribution in [0.5, 0.6) is 5.75 Å². The van der Waals surface area contributed by atoms with Crippen LogP contribution in [0.2, 0.25) is 0 Å². The zero-order valence-corrected chi connectivity index (χ0v) is 20.5. The predicted octanol–water partition coefficient (Wildman–Crippen LogP) is 9.89.